The number of hydrogen-bond donors (Lipinski definition) is 0. The van der Waals surface area contributed by atoms with E-state index in [-0.39, 0.29) is 21.2 Å². The molecule has 0 bridgehead atoms. The fraction of sp³-hybridized carbons (Fsp3) is 0.400. The van der Waals surface area contributed by atoms with Crippen LogP contribution >= 0.6 is 0 Å². The van der Waals surface area contributed by atoms with Crippen LogP contribution in [0.15, 0.2) is 10.6 Å². The minimum atomic E-state index is 0.101. The third-order valence-electron chi connectivity index (χ3n) is 0.779. The molecule has 0 saturated carbocycles. The Morgan fingerprint density at radius 1 is 1.75 bits per heavy atom. The summed E-state index contributed by atoms with van der Waals surface area (Å²) in [5.41, 5.74) is 0. The number of oxazole rings is 1. The third kappa shape index (κ3) is 1.21. The molecule has 0 radical (unpaired) electrons. The molecule has 0 saturated heterocycles. The molecule has 0 unspecified atom stereocenters. The number of aromatic nitrogens is 1. The normalized spacial score (nSPS) is 10.2. The molecule has 1 aromatic rings. The van der Waals surface area contributed by atoms with E-state index in [4.69, 9.17) is 4.42 Å². The number of nitrogens with zero attached hydrogens (tertiary/aromatic N) is 1. The number of halogens is 1. The molecule has 1 heterocycles. The van der Waals surface area contributed by atoms with E-state index in [9.17, 15) is 0 Å². The molecule has 2 nitrogen and oxygen atoms in total. The van der Waals surface area contributed by atoms with Gasteiger partial charge in [0.05, 0.1) is 0 Å². The molecule has 8 heavy (non-hydrogen) atoms. The first-order valence-corrected chi connectivity index (χ1v) is 5.48. The van der Waals surface area contributed by atoms with E-state index in [2.05, 4.69) is 9.91 Å². The average Bonchev–Trinajstić information content (AvgIpc) is 2.14. The second kappa shape index (κ2) is 2.48. The number of alkyl halides is 1. The van der Waals surface area contributed by atoms with Crippen LogP contribution in [-0.2, 0) is 0 Å². The van der Waals surface area contributed by atoms with Crippen molar-refractivity contribution in [2.24, 2.45) is 0 Å². The van der Waals surface area contributed by atoms with E-state index < -0.39 is 0 Å². The predicted octanol–water partition coefficient (Wildman–Crippen LogP) is -2.13. The summed E-state index contributed by atoms with van der Waals surface area (Å²) < 4.78 is 6.24. The monoisotopic (exact) mass is 224 g/mol. The van der Waals surface area contributed by atoms with Gasteiger partial charge in [-0.15, -0.1) is 0 Å². The van der Waals surface area contributed by atoms with Gasteiger partial charge >= 0.3 is 58.3 Å². The average molecular weight is 224 g/mol. The van der Waals surface area contributed by atoms with Crippen molar-refractivity contribution in [2.75, 3.05) is 4.93 Å². The van der Waals surface area contributed by atoms with Gasteiger partial charge in [-0.25, -0.2) is 0 Å². The third-order valence-corrected chi connectivity index (χ3v) is 2.34. The van der Waals surface area contributed by atoms with Crippen LogP contribution in [0.1, 0.15) is 5.89 Å². The molecule has 1 aromatic heterocycles. The van der Waals surface area contributed by atoms with Crippen LogP contribution in [0.5, 0.6) is 0 Å². The van der Waals surface area contributed by atoms with Crippen molar-refractivity contribution in [1.29, 1.82) is 0 Å². The molecule has 0 atom stereocenters. The van der Waals surface area contributed by atoms with Crippen molar-refractivity contribution >= 4 is 0 Å². The first-order chi connectivity index (χ1) is 3.83. The van der Waals surface area contributed by atoms with E-state index in [1.54, 1.807) is 0 Å². The van der Waals surface area contributed by atoms with Crippen LogP contribution in [0.2, 0.25) is 0 Å². The number of hydrogen-bond acceptors (Lipinski definition) is 2. The standard InChI is InChI=1S/C5H7INO/c1-4-7-3-5(6-2)8-4/h3H,1-2H3/q-1. The van der Waals surface area contributed by atoms with Crippen molar-refractivity contribution in [3.8, 4) is 0 Å². The first kappa shape index (κ1) is 6.07. The van der Waals surface area contributed by atoms with Crippen LogP contribution in [0, 0.1) is 10.7 Å². The van der Waals surface area contributed by atoms with Crippen molar-refractivity contribution in [3.63, 3.8) is 0 Å². The van der Waals surface area contributed by atoms with Gasteiger partial charge in [-0.1, -0.05) is 0 Å². The van der Waals surface area contributed by atoms with Gasteiger partial charge in [-0.3, -0.25) is 0 Å². The Kier molecular flexibility index (Phi) is 1.88. The molecular formula is C5H7INO-. The fourth-order valence-electron chi connectivity index (χ4n) is 0.423. The van der Waals surface area contributed by atoms with Crippen LogP contribution < -0.4 is 21.2 Å². The molecule has 0 aliphatic rings. The zero-order valence-electron chi connectivity index (χ0n) is 4.81. The topological polar surface area (TPSA) is 26.0 Å². The fourth-order valence-corrected chi connectivity index (χ4v) is 1.38. The Morgan fingerprint density at radius 3 is 2.75 bits per heavy atom. The van der Waals surface area contributed by atoms with Gasteiger partial charge in [0.15, 0.2) is 0 Å². The maximum atomic E-state index is 5.17. The van der Waals surface area contributed by atoms with Crippen LogP contribution in [0.3, 0.4) is 0 Å². The molecule has 0 aromatic carbocycles. The van der Waals surface area contributed by atoms with Crippen LogP contribution in [0.4, 0.5) is 0 Å². The first-order valence-electron chi connectivity index (χ1n) is 2.25. The second-order valence-electron chi connectivity index (χ2n) is 1.37. The summed E-state index contributed by atoms with van der Waals surface area (Å²) in [7, 11) is 0. The van der Waals surface area contributed by atoms with Gasteiger partial charge < -0.3 is 0 Å². The van der Waals surface area contributed by atoms with E-state index in [1.807, 2.05) is 13.1 Å². The van der Waals surface area contributed by atoms with Gasteiger partial charge in [0.25, 0.3) is 0 Å². The Balaban J connectivity index is 2.84. The van der Waals surface area contributed by atoms with Crippen molar-refractivity contribution in [3.05, 3.63) is 15.9 Å². The Bertz CT molecular complexity index is 173. The quantitative estimate of drug-likeness (QED) is 0.402. The number of aryl methyl sites for hydroxylation is 1. The molecule has 0 aliphatic carbocycles. The van der Waals surface area contributed by atoms with Crippen LogP contribution in [-0.4, -0.2) is 9.91 Å². The second-order valence-corrected chi connectivity index (χ2v) is 3.51. The summed E-state index contributed by atoms with van der Waals surface area (Å²) in [5, 5.41) is 0. The Hall–Kier alpha value is -0.0600. The maximum absolute atomic E-state index is 5.17. The van der Waals surface area contributed by atoms with Crippen molar-refractivity contribution < 1.29 is 25.6 Å². The Morgan fingerprint density at radius 2 is 2.50 bits per heavy atom. The summed E-state index contributed by atoms with van der Waals surface area (Å²) in [6.45, 7) is 1.86. The Labute approximate surface area is 58.6 Å². The molecule has 3 heteroatoms. The SMILES string of the molecule is C[I-]c1cnc(C)o1. The van der Waals surface area contributed by atoms with Gasteiger partial charge in [0.1, 0.15) is 0 Å². The molecule has 0 aliphatic heterocycles. The van der Waals surface area contributed by atoms with Crippen molar-refractivity contribution in [1.82, 2.24) is 4.98 Å². The molecule has 1 rings (SSSR count). The van der Waals surface area contributed by atoms with E-state index >= 15 is 0 Å². The van der Waals surface area contributed by atoms with Gasteiger partial charge in [-0.2, -0.15) is 0 Å². The summed E-state index contributed by atoms with van der Waals surface area (Å²) in [6, 6.07) is 0. The molecule has 0 N–H and O–H groups in total. The minimum absolute atomic E-state index is 0.101. The summed E-state index contributed by atoms with van der Waals surface area (Å²) in [5.74, 6) is 0.779. The zero-order valence-corrected chi connectivity index (χ0v) is 6.97. The zero-order chi connectivity index (χ0) is 5.98. The van der Waals surface area contributed by atoms with Gasteiger partial charge in [0.2, 0.25) is 0 Å². The molecule has 0 amide bonds. The summed E-state index contributed by atoms with van der Waals surface area (Å²) >= 11 is 0.101. The number of rotatable bonds is 1. The molecule has 46 valence electrons. The van der Waals surface area contributed by atoms with E-state index in [0.29, 0.717) is 0 Å². The summed E-state index contributed by atoms with van der Waals surface area (Å²) in [4.78, 5) is 6.10. The van der Waals surface area contributed by atoms with Crippen molar-refractivity contribution in [2.45, 2.75) is 6.92 Å². The van der Waals surface area contributed by atoms with Crippen LogP contribution in [0.25, 0.3) is 0 Å². The molecule has 0 fully saturated rings. The van der Waals surface area contributed by atoms with Gasteiger partial charge in [-0.05, 0) is 0 Å². The molecule has 0 spiro atoms. The van der Waals surface area contributed by atoms with Gasteiger partial charge in [0, 0.05) is 0 Å². The summed E-state index contributed by atoms with van der Waals surface area (Å²) in [6.07, 6.45) is 1.81. The van der Waals surface area contributed by atoms with E-state index in [0.717, 1.165) is 9.66 Å². The van der Waals surface area contributed by atoms with E-state index in [1.165, 1.54) is 0 Å². The molecular weight excluding hydrogens is 217 g/mol. The predicted molar refractivity (Wildman–Crippen MR) is 25.9 cm³/mol.